The van der Waals surface area contributed by atoms with E-state index in [1.165, 1.54) is 63.1 Å². The fraction of sp³-hybridized carbons (Fsp3) is 0.638. The van der Waals surface area contributed by atoms with Crippen molar-refractivity contribution >= 4 is 80.3 Å². The number of ether oxygens (including phenoxy) is 2. The summed E-state index contributed by atoms with van der Waals surface area (Å²) in [5.74, 6) is -2.11. The molecule has 2 atom stereocenters. The Kier molecular flexibility index (Phi) is 25.7. The molecule has 0 aliphatic carbocycles. The first-order valence-electron chi connectivity index (χ1n) is 22.7. The summed E-state index contributed by atoms with van der Waals surface area (Å²) < 4.78 is 12.3. The van der Waals surface area contributed by atoms with E-state index in [2.05, 4.69) is 27.5 Å². The van der Waals surface area contributed by atoms with Gasteiger partial charge in [0.25, 0.3) is 11.8 Å². The van der Waals surface area contributed by atoms with Gasteiger partial charge >= 0.3 is 11.9 Å². The average molecular weight is 928 g/mol. The number of benzene rings is 1. The Hall–Kier alpha value is -3.89. The zero-order chi connectivity index (χ0) is 45.9. The fourth-order valence-electron chi connectivity index (χ4n) is 6.74. The number of nitrogens with zero attached hydrogens (tertiary/aromatic N) is 4. The van der Waals surface area contributed by atoms with E-state index in [9.17, 15) is 24.0 Å². The molecule has 0 saturated carbocycles. The maximum atomic E-state index is 13.9. The standard InChI is InChI=1S/C47H69N5O8S3/c1-6-7-8-9-10-11-12-13-16-19-32-62-46(61)63-40(43(55)49-35(2)3)33-36(34-47(4,5)45(57)60-52-41(53)24-25-42(52)54)44(56)59-31-18-15-14-17-30-58-39-22-20-37(21-23-39)50-51-38-26-28-48-29-27-38/h20-23,26-29,35-36,40H,6-19,24-25,30-34H2,1-5H3,(H,49,55)/b51-50+. The Morgan fingerprint density at radius 3 is 1.97 bits per heavy atom. The van der Waals surface area contributed by atoms with Crippen LogP contribution in [-0.4, -0.2) is 73.5 Å². The number of aromatic nitrogens is 1. The van der Waals surface area contributed by atoms with Crippen LogP contribution in [0.15, 0.2) is 59.0 Å². The zero-order valence-electron chi connectivity index (χ0n) is 38.0. The summed E-state index contributed by atoms with van der Waals surface area (Å²) in [5.41, 5.74) is 0.114. The first kappa shape index (κ1) is 53.4. The van der Waals surface area contributed by atoms with E-state index in [1.807, 2.05) is 38.1 Å². The van der Waals surface area contributed by atoms with Crippen molar-refractivity contribution < 1.29 is 38.3 Å². The normalized spacial score (nSPS) is 14.0. The minimum atomic E-state index is -1.31. The van der Waals surface area contributed by atoms with Gasteiger partial charge in [0.15, 0.2) is 0 Å². The van der Waals surface area contributed by atoms with Crippen LogP contribution in [0.5, 0.6) is 5.75 Å². The smallest absolute Gasteiger partial charge is 0.338 e. The molecule has 1 aromatic carbocycles. The molecular formula is C47H69N5O8S3. The molecule has 16 heteroatoms. The number of hydrogen-bond acceptors (Lipinski definition) is 14. The fourth-order valence-corrected chi connectivity index (χ4v) is 9.46. The van der Waals surface area contributed by atoms with E-state index < -0.39 is 40.3 Å². The number of hydroxylamine groups is 2. The number of unbranched alkanes of at least 4 members (excludes halogenated alkanes) is 12. The second-order valence-corrected chi connectivity index (χ2v) is 20.4. The van der Waals surface area contributed by atoms with E-state index in [1.54, 1.807) is 50.1 Å². The number of hydrogen-bond donors (Lipinski definition) is 1. The van der Waals surface area contributed by atoms with Crippen molar-refractivity contribution in [3.8, 4) is 5.75 Å². The highest BCUT2D eigenvalue weighted by molar-refractivity contribution is 8.47. The highest BCUT2D eigenvalue weighted by atomic mass is 32.2. The van der Waals surface area contributed by atoms with Gasteiger partial charge in [0.1, 0.15) is 9.28 Å². The molecule has 1 aromatic heterocycles. The lowest BCUT2D eigenvalue weighted by Crippen LogP contribution is -2.42. The predicted octanol–water partition coefficient (Wildman–Crippen LogP) is 11.6. The van der Waals surface area contributed by atoms with Crippen LogP contribution in [-0.2, 0) is 33.5 Å². The topological polar surface area (TPSA) is 166 Å². The molecule has 63 heavy (non-hydrogen) atoms. The van der Waals surface area contributed by atoms with Crippen molar-refractivity contribution in [2.24, 2.45) is 21.6 Å². The quantitative estimate of drug-likeness (QED) is 0.0250. The minimum absolute atomic E-state index is 0.0359. The molecule has 1 fully saturated rings. The summed E-state index contributed by atoms with van der Waals surface area (Å²) in [7, 11) is 0. The molecule has 0 bridgehead atoms. The zero-order valence-corrected chi connectivity index (χ0v) is 40.4. The van der Waals surface area contributed by atoms with Crippen molar-refractivity contribution in [2.75, 3.05) is 19.0 Å². The van der Waals surface area contributed by atoms with Crippen LogP contribution >= 0.6 is 35.7 Å². The van der Waals surface area contributed by atoms with Crippen molar-refractivity contribution in [3.63, 3.8) is 0 Å². The molecule has 2 aromatic rings. The van der Waals surface area contributed by atoms with Crippen LogP contribution in [0.1, 0.15) is 150 Å². The van der Waals surface area contributed by atoms with Gasteiger partial charge in [0, 0.05) is 31.3 Å². The number of azo groups is 1. The van der Waals surface area contributed by atoms with Gasteiger partial charge < -0.3 is 19.6 Å². The second kappa shape index (κ2) is 30.3. The Morgan fingerprint density at radius 2 is 1.37 bits per heavy atom. The molecule has 3 amide bonds. The molecule has 348 valence electrons. The molecule has 3 rings (SSSR count). The van der Waals surface area contributed by atoms with Crippen molar-refractivity contribution in [1.29, 1.82) is 0 Å². The molecule has 0 radical (unpaired) electrons. The number of rotatable bonds is 31. The number of carbonyl (C=O) groups excluding carboxylic acids is 5. The van der Waals surface area contributed by atoms with Crippen LogP contribution in [0.4, 0.5) is 11.4 Å². The summed E-state index contributed by atoms with van der Waals surface area (Å²) in [6, 6.07) is 10.8. The first-order valence-corrected chi connectivity index (χ1v) is 25.0. The number of carbonyl (C=O) groups is 5. The largest absolute Gasteiger partial charge is 0.494 e. The first-order chi connectivity index (χ1) is 30.3. The van der Waals surface area contributed by atoms with Gasteiger partial charge in [-0.25, -0.2) is 4.79 Å². The molecule has 1 aliphatic rings. The molecule has 1 N–H and O–H groups in total. The number of nitrogens with one attached hydrogen (secondary N) is 1. The Bertz CT molecular complexity index is 1730. The molecular weight excluding hydrogens is 859 g/mol. The molecule has 1 aliphatic heterocycles. The van der Waals surface area contributed by atoms with Gasteiger partial charge in [-0.05, 0) is 115 Å². The third-order valence-electron chi connectivity index (χ3n) is 10.3. The molecule has 1 saturated heterocycles. The van der Waals surface area contributed by atoms with Crippen molar-refractivity contribution in [1.82, 2.24) is 15.4 Å². The molecule has 13 nitrogen and oxygen atoms in total. The predicted molar refractivity (Wildman–Crippen MR) is 255 cm³/mol. The van der Waals surface area contributed by atoms with E-state index in [-0.39, 0.29) is 44.2 Å². The number of imide groups is 1. The van der Waals surface area contributed by atoms with Crippen LogP contribution in [0.2, 0.25) is 0 Å². The molecule has 2 heterocycles. The number of pyridine rings is 1. The Morgan fingerprint density at radius 1 is 0.810 bits per heavy atom. The van der Waals surface area contributed by atoms with Crippen molar-refractivity contribution in [2.45, 2.75) is 161 Å². The summed E-state index contributed by atoms with van der Waals surface area (Å²) in [6.45, 7) is 9.84. The second-order valence-electron chi connectivity index (χ2n) is 16.9. The van der Waals surface area contributed by atoms with Crippen LogP contribution in [0, 0.1) is 11.3 Å². The maximum Gasteiger partial charge on any atom is 0.338 e. The minimum Gasteiger partial charge on any atom is -0.494 e. The third-order valence-corrected chi connectivity index (χ3v) is 13.2. The van der Waals surface area contributed by atoms with Gasteiger partial charge in [-0.2, -0.15) is 10.2 Å². The lowest BCUT2D eigenvalue weighted by Gasteiger charge is -2.29. The average Bonchev–Trinajstić information content (AvgIpc) is 3.57. The number of amides is 3. The SMILES string of the molecule is CCCCCCCCCCCCSC(=S)SC(CC(CC(C)(C)C(=O)ON1C(=O)CCC1=O)C(=O)OCCCCCCOc1ccc(/N=N/c2ccncc2)cc1)C(=O)NC(C)C. The van der Waals surface area contributed by atoms with Gasteiger partial charge in [0.05, 0.1) is 41.2 Å². The van der Waals surface area contributed by atoms with Gasteiger partial charge in [-0.3, -0.25) is 24.2 Å². The van der Waals surface area contributed by atoms with Crippen LogP contribution in [0.25, 0.3) is 0 Å². The summed E-state index contributed by atoms with van der Waals surface area (Å²) in [4.78, 5) is 74.6. The van der Waals surface area contributed by atoms with E-state index >= 15 is 0 Å². The summed E-state index contributed by atoms with van der Waals surface area (Å²) >= 11 is 8.57. The highest BCUT2D eigenvalue weighted by Gasteiger charge is 2.42. The Labute approximate surface area is 388 Å². The molecule has 0 spiro atoms. The van der Waals surface area contributed by atoms with Gasteiger partial charge in [0.2, 0.25) is 5.91 Å². The molecule has 2 unspecified atom stereocenters. The van der Waals surface area contributed by atoms with Gasteiger partial charge in [-0.1, -0.05) is 88.7 Å². The lowest BCUT2D eigenvalue weighted by molar-refractivity contribution is -0.205. The summed E-state index contributed by atoms with van der Waals surface area (Å²) in [5, 5.41) is 11.2. The number of esters is 1. The van der Waals surface area contributed by atoms with E-state index in [4.69, 9.17) is 26.5 Å². The lowest BCUT2D eigenvalue weighted by atomic mass is 9.81. The Balaban J connectivity index is 1.53. The van der Waals surface area contributed by atoms with Crippen LogP contribution in [0.3, 0.4) is 0 Å². The van der Waals surface area contributed by atoms with E-state index in [0.717, 1.165) is 49.3 Å². The van der Waals surface area contributed by atoms with Crippen molar-refractivity contribution in [3.05, 3.63) is 48.8 Å². The summed E-state index contributed by atoms with van der Waals surface area (Å²) in [6.07, 6.45) is 18.8. The van der Waals surface area contributed by atoms with E-state index in [0.29, 0.717) is 27.3 Å². The monoisotopic (exact) mass is 927 g/mol. The highest BCUT2D eigenvalue weighted by Crippen LogP contribution is 2.35. The number of thiocarbonyl (C=S) groups is 1. The third kappa shape index (κ3) is 22.0. The maximum absolute atomic E-state index is 13.9. The number of thioether (sulfide) groups is 2. The van der Waals surface area contributed by atoms with Crippen LogP contribution < -0.4 is 10.1 Å². The van der Waals surface area contributed by atoms with Gasteiger partial charge in [-0.15, -0.1) is 16.8 Å².